The molecule has 1 aromatic heterocycles. The van der Waals surface area contributed by atoms with Crippen LogP contribution in [0.5, 0.6) is 0 Å². The molecule has 2 heterocycles. The van der Waals surface area contributed by atoms with Crippen LogP contribution in [0.25, 0.3) is 0 Å². The first-order valence-corrected chi connectivity index (χ1v) is 9.29. The topological polar surface area (TPSA) is 37.8 Å². The Bertz CT molecular complexity index is 454. The van der Waals surface area contributed by atoms with Gasteiger partial charge in [-0.05, 0) is 54.0 Å². The Hall–Kier alpha value is -0.0400. The van der Waals surface area contributed by atoms with E-state index in [1.807, 2.05) is 18.8 Å². The lowest BCUT2D eigenvalue weighted by Gasteiger charge is -2.17. The smallest absolute Gasteiger partial charge is 0.144 e. The molecule has 1 aliphatic heterocycles. The van der Waals surface area contributed by atoms with Crippen molar-refractivity contribution in [2.24, 2.45) is 0 Å². The van der Waals surface area contributed by atoms with Crippen molar-refractivity contribution in [3.63, 3.8) is 0 Å². The third-order valence-corrected chi connectivity index (χ3v) is 6.53. The van der Waals surface area contributed by atoms with Gasteiger partial charge in [-0.25, -0.2) is 9.97 Å². The Balaban J connectivity index is 1.98. The molecule has 5 heteroatoms. The van der Waals surface area contributed by atoms with E-state index in [0.717, 1.165) is 11.6 Å². The number of aromatic nitrogens is 2. The SMILES string of the molecule is CNc1nc(C2CCCS2)nc(C2CCCC2)c1I. The van der Waals surface area contributed by atoms with E-state index in [-0.39, 0.29) is 0 Å². The number of anilines is 1. The normalized spacial score (nSPS) is 24.0. The van der Waals surface area contributed by atoms with E-state index in [1.54, 1.807) is 0 Å². The number of halogens is 1. The molecule has 1 aliphatic carbocycles. The second-order valence-electron chi connectivity index (χ2n) is 5.36. The summed E-state index contributed by atoms with van der Waals surface area (Å²) < 4.78 is 1.23. The van der Waals surface area contributed by atoms with Gasteiger partial charge in [0.05, 0.1) is 14.5 Å². The highest BCUT2D eigenvalue weighted by Crippen LogP contribution is 2.41. The van der Waals surface area contributed by atoms with Crippen LogP contribution in [0.15, 0.2) is 0 Å². The minimum absolute atomic E-state index is 0.518. The Morgan fingerprint density at radius 3 is 2.58 bits per heavy atom. The van der Waals surface area contributed by atoms with Gasteiger partial charge in [0.2, 0.25) is 0 Å². The number of thioether (sulfide) groups is 1. The molecule has 1 aromatic rings. The van der Waals surface area contributed by atoms with Crippen LogP contribution in [-0.2, 0) is 0 Å². The van der Waals surface area contributed by atoms with Gasteiger partial charge in [0, 0.05) is 13.0 Å². The van der Waals surface area contributed by atoms with E-state index in [0.29, 0.717) is 11.2 Å². The molecule has 0 aromatic carbocycles. The van der Waals surface area contributed by atoms with Crippen molar-refractivity contribution in [1.29, 1.82) is 0 Å². The monoisotopic (exact) mass is 389 g/mol. The molecule has 0 bridgehead atoms. The molecule has 0 radical (unpaired) electrons. The predicted molar refractivity (Wildman–Crippen MR) is 89.9 cm³/mol. The molecule has 1 saturated carbocycles. The van der Waals surface area contributed by atoms with Gasteiger partial charge in [-0.3, -0.25) is 0 Å². The van der Waals surface area contributed by atoms with E-state index in [1.165, 1.54) is 53.5 Å². The van der Waals surface area contributed by atoms with Crippen LogP contribution < -0.4 is 5.32 Å². The summed E-state index contributed by atoms with van der Waals surface area (Å²) in [6, 6.07) is 0. The van der Waals surface area contributed by atoms with Crippen LogP contribution in [0.4, 0.5) is 5.82 Å². The van der Waals surface area contributed by atoms with Gasteiger partial charge < -0.3 is 5.32 Å². The van der Waals surface area contributed by atoms with Gasteiger partial charge in [0.25, 0.3) is 0 Å². The molecule has 1 atom stereocenters. The van der Waals surface area contributed by atoms with Crippen molar-refractivity contribution < 1.29 is 0 Å². The second-order valence-corrected chi connectivity index (χ2v) is 7.75. The van der Waals surface area contributed by atoms with Gasteiger partial charge in [-0.2, -0.15) is 11.8 Å². The highest BCUT2D eigenvalue weighted by Gasteiger charge is 2.27. The van der Waals surface area contributed by atoms with Crippen molar-refractivity contribution in [3.05, 3.63) is 15.1 Å². The molecule has 3 nitrogen and oxygen atoms in total. The summed E-state index contributed by atoms with van der Waals surface area (Å²) in [4.78, 5) is 9.72. The van der Waals surface area contributed by atoms with Crippen molar-refractivity contribution >= 4 is 40.2 Å². The van der Waals surface area contributed by atoms with Crippen LogP contribution in [0.2, 0.25) is 0 Å². The van der Waals surface area contributed by atoms with E-state index >= 15 is 0 Å². The zero-order chi connectivity index (χ0) is 13.2. The highest BCUT2D eigenvalue weighted by atomic mass is 127. The summed E-state index contributed by atoms with van der Waals surface area (Å²) in [5, 5.41) is 3.77. The summed E-state index contributed by atoms with van der Waals surface area (Å²) in [6.07, 6.45) is 7.85. The molecule has 1 N–H and O–H groups in total. The Kier molecular flexibility index (Phi) is 4.51. The first-order valence-electron chi connectivity index (χ1n) is 7.16. The average molecular weight is 389 g/mol. The largest absolute Gasteiger partial charge is 0.372 e. The molecule has 0 amide bonds. The van der Waals surface area contributed by atoms with Crippen molar-refractivity contribution in [2.75, 3.05) is 18.1 Å². The van der Waals surface area contributed by atoms with E-state index in [2.05, 4.69) is 27.9 Å². The molecule has 1 unspecified atom stereocenters. The standard InChI is InChI=1S/C14H20IN3S/c1-16-14-11(15)12(9-5-2-3-6-9)17-13(18-14)10-7-4-8-19-10/h9-10H,2-8H2,1H3,(H,16,17,18). The maximum atomic E-state index is 4.97. The number of nitrogens with zero attached hydrogens (tertiary/aromatic N) is 2. The van der Waals surface area contributed by atoms with Crippen molar-refractivity contribution in [3.8, 4) is 0 Å². The summed E-state index contributed by atoms with van der Waals surface area (Å²) in [5.74, 6) is 4.01. The van der Waals surface area contributed by atoms with E-state index in [4.69, 9.17) is 9.97 Å². The molecule has 2 aliphatic rings. The molecule has 3 rings (SSSR count). The fourth-order valence-corrected chi connectivity index (χ4v) is 5.20. The van der Waals surface area contributed by atoms with Gasteiger partial charge in [0.15, 0.2) is 0 Å². The average Bonchev–Trinajstić information content (AvgIpc) is 3.12. The fourth-order valence-electron chi connectivity index (χ4n) is 3.04. The van der Waals surface area contributed by atoms with Crippen LogP contribution >= 0.6 is 34.4 Å². The molecule has 0 spiro atoms. The molecule has 19 heavy (non-hydrogen) atoms. The maximum Gasteiger partial charge on any atom is 0.144 e. The number of rotatable bonds is 3. The van der Waals surface area contributed by atoms with Crippen LogP contribution in [0.1, 0.15) is 61.2 Å². The number of hydrogen-bond donors (Lipinski definition) is 1. The highest BCUT2D eigenvalue weighted by molar-refractivity contribution is 14.1. The minimum Gasteiger partial charge on any atom is -0.372 e. The van der Waals surface area contributed by atoms with Gasteiger partial charge in [-0.15, -0.1) is 0 Å². The van der Waals surface area contributed by atoms with Gasteiger partial charge in [-0.1, -0.05) is 12.8 Å². The molecule has 104 valence electrons. The quantitative estimate of drug-likeness (QED) is 0.781. The van der Waals surface area contributed by atoms with Crippen molar-refractivity contribution in [1.82, 2.24) is 9.97 Å². The fraction of sp³-hybridized carbons (Fsp3) is 0.714. The first kappa shape index (κ1) is 13.9. The van der Waals surface area contributed by atoms with Gasteiger partial charge in [0.1, 0.15) is 11.6 Å². The minimum atomic E-state index is 0.518. The first-order chi connectivity index (χ1) is 9.29. The van der Waals surface area contributed by atoms with E-state index < -0.39 is 0 Å². The molecule has 2 fully saturated rings. The summed E-state index contributed by atoms with van der Waals surface area (Å²) in [5.41, 5.74) is 1.31. The van der Waals surface area contributed by atoms with E-state index in [9.17, 15) is 0 Å². The Morgan fingerprint density at radius 1 is 1.16 bits per heavy atom. The van der Waals surface area contributed by atoms with Gasteiger partial charge >= 0.3 is 0 Å². The Labute approximate surface area is 132 Å². The van der Waals surface area contributed by atoms with Crippen molar-refractivity contribution in [2.45, 2.75) is 49.7 Å². The number of nitrogens with one attached hydrogen (secondary N) is 1. The molecular weight excluding hydrogens is 369 g/mol. The van der Waals surface area contributed by atoms with Crippen LogP contribution in [0.3, 0.4) is 0 Å². The number of hydrogen-bond acceptors (Lipinski definition) is 4. The second kappa shape index (κ2) is 6.16. The maximum absolute atomic E-state index is 4.97. The zero-order valence-electron chi connectivity index (χ0n) is 11.3. The third kappa shape index (κ3) is 2.86. The zero-order valence-corrected chi connectivity index (χ0v) is 14.3. The predicted octanol–water partition coefficient (Wildman–Crippen LogP) is 4.35. The Morgan fingerprint density at radius 2 is 1.95 bits per heavy atom. The van der Waals surface area contributed by atoms with Crippen LogP contribution in [0, 0.1) is 3.57 Å². The lowest BCUT2D eigenvalue weighted by atomic mass is 10.0. The summed E-state index contributed by atoms with van der Waals surface area (Å²) in [7, 11) is 1.97. The third-order valence-electron chi connectivity index (χ3n) is 4.09. The summed E-state index contributed by atoms with van der Waals surface area (Å²) >= 11 is 4.43. The molecular formula is C14H20IN3S. The molecule has 1 saturated heterocycles. The lowest BCUT2D eigenvalue weighted by Crippen LogP contribution is -2.11. The lowest BCUT2D eigenvalue weighted by molar-refractivity contribution is 0.671. The van der Waals surface area contributed by atoms with Crippen LogP contribution in [-0.4, -0.2) is 22.8 Å². The summed E-state index contributed by atoms with van der Waals surface area (Å²) in [6.45, 7) is 0.